The third-order valence-electron chi connectivity index (χ3n) is 4.36. The van der Waals surface area contributed by atoms with Gasteiger partial charge in [-0.15, -0.1) is 5.10 Å². The molecule has 0 unspecified atom stereocenters. The van der Waals surface area contributed by atoms with Crippen LogP contribution in [-0.4, -0.2) is 32.7 Å². The van der Waals surface area contributed by atoms with Gasteiger partial charge in [0, 0.05) is 0 Å². The molecule has 0 aliphatic heterocycles. The second-order valence-corrected chi connectivity index (χ2v) is 6.93. The van der Waals surface area contributed by atoms with E-state index in [2.05, 4.69) is 10.3 Å². The van der Waals surface area contributed by atoms with Crippen molar-refractivity contribution in [3.8, 4) is 22.9 Å². The number of para-hydroxylation sites is 2. The summed E-state index contributed by atoms with van der Waals surface area (Å²) in [5.41, 5.74) is 0.367. The zero-order chi connectivity index (χ0) is 22.9. The Hall–Kier alpha value is -3.79. The van der Waals surface area contributed by atoms with E-state index in [1.807, 2.05) is 0 Å². The van der Waals surface area contributed by atoms with Crippen molar-refractivity contribution >= 4 is 28.6 Å². The number of alkyl halides is 3. The van der Waals surface area contributed by atoms with Crippen LogP contribution in [0.5, 0.6) is 17.2 Å². The molecule has 32 heavy (non-hydrogen) atoms. The lowest BCUT2D eigenvalue weighted by Crippen LogP contribution is -2.11. The van der Waals surface area contributed by atoms with Crippen molar-refractivity contribution in [2.75, 3.05) is 6.61 Å². The minimum absolute atomic E-state index is 0.0203. The molecule has 1 heterocycles. The van der Waals surface area contributed by atoms with Gasteiger partial charge >= 0.3 is 12.1 Å². The van der Waals surface area contributed by atoms with Crippen LogP contribution in [0.3, 0.4) is 0 Å². The number of rotatable bonds is 6. The number of carboxylic acids is 1. The molecular weight excluding hydrogens is 451 g/mol. The number of ether oxygens (including phenoxy) is 2. The zero-order valence-corrected chi connectivity index (χ0v) is 16.8. The smallest absolute Gasteiger partial charge is 0.416 e. The van der Waals surface area contributed by atoms with Gasteiger partial charge < -0.3 is 14.6 Å². The first kappa shape index (κ1) is 21.4. The van der Waals surface area contributed by atoms with E-state index in [-0.39, 0.29) is 22.3 Å². The lowest BCUT2D eigenvalue weighted by molar-refractivity contribution is -0.139. The van der Waals surface area contributed by atoms with Crippen LogP contribution < -0.4 is 9.47 Å². The summed E-state index contributed by atoms with van der Waals surface area (Å²) in [5, 5.41) is 16.9. The fraction of sp³-hybridized carbons (Fsp3) is 0.0952. The molecule has 11 heteroatoms. The van der Waals surface area contributed by atoms with Crippen molar-refractivity contribution in [1.82, 2.24) is 15.0 Å². The number of hydrogen-bond donors (Lipinski definition) is 1. The summed E-state index contributed by atoms with van der Waals surface area (Å²) in [6, 6.07) is 14.4. The van der Waals surface area contributed by atoms with Crippen LogP contribution >= 0.6 is 11.6 Å². The van der Waals surface area contributed by atoms with Crippen LogP contribution in [0.2, 0.25) is 5.02 Å². The molecule has 0 radical (unpaired) electrons. The first-order chi connectivity index (χ1) is 15.2. The molecule has 3 aromatic carbocycles. The van der Waals surface area contributed by atoms with Crippen molar-refractivity contribution < 1.29 is 32.5 Å². The van der Waals surface area contributed by atoms with Gasteiger partial charge in [0.05, 0.1) is 16.1 Å². The van der Waals surface area contributed by atoms with Crippen LogP contribution in [0.1, 0.15) is 5.56 Å². The highest BCUT2D eigenvalue weighted by atomic mass is 35.5. The van der Waals surface area contributed by atoms with E-state index < -0.39 is 24.3 Å². The number of nitrogens with zero attached hydrogens (tertiary/aromatic N) is 3. The highest BCUT2D eigenvalue weighted by molar-refractivity contribution is 6.32. The summed E-state index contributed by atoms with van der Waals surface area (Å²) in [4.78, 5) is 10.9. The molecule has 0 fully saturated rings. The topological polar surface area (TPSA) is 86.5 Å². The van der Waals surface area contributed by atoms with Gasteiger partial charge in [0.2, 0.25) is 0 Å². The second-order valence-electron chi connectivity index (χ2n) is 6.52. The Morgan fingerprint density at radius 3 is 2.50 bits per heavy atom. The minimum Gasteiger partial charge on any atom is -0.480 e. The Bertz CT molecular complexity index is 1310. The number of benzene rings is 3. The Kier molecular flexibility index (Phi) is 5.62. The molecule has 0 atom stereocenters. The van der Waals surface area contributed by atoms with Gasteiger partial charge in [-0.3, -0.25) is 0 Å². The molecule has 0 saturated carbocycles. The van der Waals surface area contributed by atoms with Crippen LogP contribution in [0, 0.1) is 0 Å². The monoisotopic (exact) mass is 463 g/mol. The van der Waals surface area contributed by atoms with Crippen molar-refractivity contribution in [3.05, 3.63) is 71.2 Å². The molecule has 0 bridgehead atoms. The SMILES string of the molecule is O=C(O)COc1ccccc1-n1nnc2c(Oc3ccc(C(F)(F)F)cc3Cl)cccc21. The van der Waals surface area contributed by atoms with E-state index in [1.54, 1.807) is 42.5 Å². The number of carboxylic acid groups (broad SMARTS) is 1. The molecule has 0 amide bonds. The van der Waals surface area contributed by atoms with Crippen LogP contribution in [0.15, 0.2) is 60.7 Å². The summed E-state index contributed by atoms with van der Waals surface area (Å²) in [7, 11) is 0. The molecule has 0 saturated heterocycles. The van der Waals surface area contributed by atoms with E-state index in [1.165, 1.54) is 4.68 Å². The highest BCUT2D eigenvalue weighted by Crippen LogP contribution is 2.38. The van der Waals surface area contributed by atoms with Crippen LogP contribution in [0.4, 0.5) is 13.2 Å². The third kappa shape index (κ3) is 4.30. The van der Waals surface area contributed by atoms with E-state index in [0.29, 0.717) is 16.7 Å². The van der Waals surface area contributed by atoms with Crippen LogP contribution in [0.25, 0.3) is 16.7 Å². The molecule has 1 aromatic heterocycles. The van der Waals surface area contributed by atoms with Gasteiger partial charge in [-0.2, -0.15) is 13.2 Å². The highest BCUT2D eigenvalue weighted by Gasteiger charge is 2.31. The molecular formula is C21H13ClF3N3O4. The lowest BCUT2D eigenvalue weighted by Gasteiger charge is -2.12. The van der Waals surface area contributed by atoms with Gasteiger partial charge in [0.1, 0.15) is 17.2 Å². The molecule has 0 aliphatic rings. The molecule has 0 aliphatic carbocycles. The number of carbonyl (C=O) groups is 1. The molecule has 4 aromatic rings. The fourth-order valence-electron chi connectivity index (χ4n) is 2.95. The van der Waals surface area contributed by atoms with Crippen molar-refractivity contribution in [2.24, 2.45) is 0 Å². The number of aliphatic carboxylic acids is 1. The fourth-order valence-corrected chi connectivity index (χ4v) is 3.17. The van der Waals surface area contributed by atoms with E-state index in [0.717, 1.165) is 18.2 Å². The largest absolute Gasteiger partial charge is 0.480 e. The molecule has 4 rings (SSSR count). The van der Waals surface area contributed by atoms with Gasteiger partial charge in [-0.05, 0) is 42.5 Å². The first-order valence-corrected chi connectivity index (χ1v) is 9.45. The molecule has 164 valence electrons. The van der Waals surface area contributed by atoms with Gasteiger partial charge in [0.25, 0.3) is 0 Å². The van der Waals surface area contributed by atoms with Crippen molar-refractivity contribution in [1.29, 1.82) is 0 Å². The average molecular weight is 464 g/mol. The summed E-state index contributed by atoms with van der Waals surface area (Å²) >= 11 is 5.99. The number of halogens is 4. The van der Waals surface area contributed by atoms with Crippen molar-refractivity contribution in [2.45, 2.75) is 6.18 Å². The van der Waals surface area contributed by atoms with Gasteiger partial charge in [0.15, 0.2) is 17.9 Å². The van der Waals surface area contributed by atoms with Gasteiger partial charge in [-0.1, -0.05) is 35.0 Å². The standard InChI is InChI=1S/C21H13ClF3N3O4/c22-13-10-12(21(23,24)25)8-9-16(13)32-18-7-3-5-15-20(18)26-27-28(15)14-4-1-2-6-17(14)31-11-19(29)30/h1-10H,11H2,(H,29,30). The molecule has 7 nitrogen and oxygen atoms in total. The summed E-state index contributed by atoms with van der Waals surface area (Å²) < 4.78 is 51.1. The van der Waals surface area contributed by atoms with Crippen LogP contribution in [-0.2, 0) is 11.0 Å². The van der Waals surface area contributed by atoms with E-state index in [9.17, 15) is 18.0 Å². The van der Waals surface area contributed by atoms with E-state index in [4.69, 9.17) is 26.2 Å². The number of aromatic nitrogens is 3. The lowest BCUT2D eigenvalue weighted by atomic mass is 10.2. The Balaban J connectivity index is 1.71. The molecule has 0 spiro atoms. The predicted molar refractivity (Wildman–Crippen MR) is 109 cm³/mol. The number of fused-ring (bicyclic) bond motifs is 1. The van der Waals surface area contributed by atoms with E-state index >= 15 is 0 Å². The third-order valence-corrected chi connectivity index (χ3v) is 4.66. The Morgan fingerprint density at radius 2 is 1.78 bits per heavy atom. The zero-order valence-electron chi connectivity index (χ0n) is 16.0. The maximum Gasteiger partial charge on any atom is 0.416 e. The summed E-state index contributed by atoms with van der Waals surface area (Å²) in [6.45, 7) is -0.537. The normalized spacial score (nSPS) is 11.5. The minimum atomic E-state index is -4.53. The maximum absolute atomic E-state index is 12.9. The van der Waals surface area contributed by atoms with Gasteiger partial charge in [-0.25, -0.2) is 9.48 Å². The second kappa shape index (κ2) is 8.39. The predicted octanol–water partition coefficient (Wildman–Crippen LogP) is 5.35. The average Bonchev–Trinajstić information content (AvgIpc) is 3.18. The Labute approximate surface area is 183 Å². The first-order valence-electron chi connectivity index (χ1n) is 9.07. The van der Waals surface area contributed by atoms with Crippen molar-refractivity contribution in [3.63, 3.8) is 0 Å². The maximum atomic E-state index is 12.9. The number of hydrogen-bond acceptors (Lipinski definition) is 5. The summed E-state index contributed by atoms with van der Waals surface area (Å²) in [5.74, 6) is -0.614. The summed E-state index contributed by atoms with van der Waals surface area (Å²) in [6.07, 6.45) is -4.53. The Morgan fingerprint density at radius 1 is 1.03 bits per heavy atom. The quantitative estimate of drug-likeness (QED) is 0.415. The molecule has 1 N–H and O–H groups in total.